The molecular weight excluding hydrogens is 369 g/mol. The second-order valence-electron chi connectivity index (χ2n) is 6.51. The van der Waals surface area contributed by atoms with Crippen LogP contribution in [0.15, 0.2) is 70.6 Å². The summed E-state index contributed by atoms with van der Waals surface area (Å²) in [6.07, 6.45) is 9.77. The van der Waals surface area contributed by atoms with Gasteiger partial charge >= 0.3 is 0 Å². The van der Waals surface area contributed by atoms with Crippen LogP contribution in [0.4, 0.5) is 4.39 Å². The zero-order chi connectivity index (χ0) is 20.8. The van der Waals surface area contributed by atoms with Gasteiger partial charge in [-0.15, -0.1) is 0 Å². The molecule has 1 aromatic carbocycles. The number of aromatic amines is 1. The number of aromatic nitrogens is 1. The van der Waals surface area contributed by atoms with E-state index in [1.54, 1.807) is 12.2 Å². The first-order chi connectivity index (χ1) is 14.1. The van der Waals surface area contributed by atoms with Crippen molar-refractivity contribution in [1.82, 2.24) is 4.98 Å². The smallest absolute Gasteiger partial charge is 0.229 e. The van der Waals surface area contributed by atoms with Crippen LogP contribution in [-0.2, 0) is 0 Å². The number of nitrogens with one attached hydrogen (secondary N) is 1. The van der Waals surface area contributed by atoms with Gasteiger partial charge in [0.2, 0.25) is 11.1 Å². The number of pyridine rings is 1. The Balaban J connectivity index is 2.22. The van der Waals surface area contributed by atoms with Crippen molar-refractivity contribution < 1.29 is 13.5 Å². The lowest BCUT2D eigenvalue weighted by Gasteiger charge is -2.08. The summed E-state index contributed by atoms with van der Waals surface area (Å²) < 4.78 is 25.7. The summed E-state index contributed by atoms with van der Waals surface area (Å²) >= 11 is 0. The summed E-state index contributed by atoms with van der Waals surface area (Å²) in [5.41, 5.74) is 1.80. The van der Waals surface area contributed by atoms with Gasteiger partial charge in [0.15, 0.2) is 5.82 Å². The first-order valence-corrected chi connectivity index (χ1v) is 9.66. The normalized spacial score (nSPS) is 12.0. The van der Waals surface area contributed by atoms with Crippen molar-refractivity contribution in [1.29, 1.82) is 0 Å². The molecule has 150 valence electrons. The first-order valence-electron chi connectivity index (χ1n) is 9.66. The van der Waals surface area contributed by atoms with Crippen LogP contribution in [0, 0.1) is 5.82 Å². The molecule has 29 heavy (non-hydrogen) atoms. The van der Waals surface area contributed by atoms with E-state index in [0.29, 0.717) is 24.4 Å². The lowest BCUT2D eigenvalue weighted by molar-refractivity contribution is 0.317. The molecule has 0 atom stereocenters. The zero-order valence-electron chi connectivity index (χ0n) is 16.6. The topological polar surface area (TPSA) is 55.2 Å². The molecule has 0 bridgehead atoms. The van der Waals surface area contributed by atoms with Crippen molar-refractivity contribution in [2.75, 3.05) is 6.61 Å². The molecule has 3 aromatic rings. The Morgan fingerprint density at radius 1 is 1.24 bits per heavy atom. The van der Waals surface area contributed by atoms with Gasteiger partial charge in [-0.2, -0.15) is 0 Å². The van der Waals surface area contributed by atoms with Gasteiger partial charge in [-0.05, 0) is 42.7 Å². The quantitative estimate of drug-likeness (QED) is 0.460. The van der Waals surface area contributed by atoms with Crippen LogP contribution < -0.4 is 10.2 Å². The maximum absolute atomic E-state index is 14.0. The molecule has 2 heterocycles. The molecule has 0 aliphatic heterocycles. The minimum Gasteiger partial charge on any atom is -0.494 e. The van der Waals surface area contributed by atoms with Crippen molar-refractivity contribution in [3.63, 3.8) is 0 Å². The lowest BCUT2D eigenvalue weighted by Crippen LogP contribution is -2.07. The van der Waals surface area contributed by atoms with Gasteiger partial charge in [0.1, 0.15) is 11.5 Å². The zero-order valence-corrected chi connectivity index (χ0v) is 16.6. The average molecular weight is 393 g/mol. The van der Waals surface area contributed by atoms with E-state index in [1.165, 1.54) is 0 Å². The van der Waals surface area contributed by atoms with E-state index in [-0.39, 0.29) is 11.1 Å². The van der Waals surface area contributed by atoms with Crippen molar-refractivity contribution in [2.45, 2.75) is 26.7 Å². The van der Waals surface area contributed by atoms with E-state index in [4.69, 9.17) is 9.15 Å². The average Bonchev–Trinajstić information content (AvgIpc) is 3.13. The molecule has 0 amide bonds. The summed E-state index contributed by atoms with van der Waals surface area (Å²) in [5.74, 6) is 0.433. The molecule has 1 N–H and O–H groups in total. The van der Waals surface area contributed by atoms with Crippen LogP contribution in [0.3, 0.4) is 0 Å². The predicted octanol–water partition coefficient (Wildman–Crippen LogP) is 6.25. The molecule has 0 aliphatic carbocycles. The Bertz CT molecular complexity index is 1120. The molecule has 0 fully saturated rings. The third-order valence-electron chi connectivity index (χ3n) is 4.52. The van der Waals surface area contributed by atoms with Gasteiger partial charge < -0.3 is 14.1 Å². The number of rotatable bonds is 8. The van der Waals surface area contributed by atoms with Crippen molar-refractivity contribution in [3.8, 4) is 17.1 Å². The Morgan fingerprint density at radius 2 is 2.00 bits per heavy atom. The highest BCUT2D eigenvalue weighted by Crippen LogP contribution is 2.38. The van der Waals surface area contributed by atoms with Gasteiger partial charge in [0.25, 0.3) is 0 Å². The minimum atomic E-state index is -0.841. The number of halogens is 1. The Morgan fingerprint density at radius 3 is 2.66 bits per heavy atom. The van der Waals surface area contributed by atoms with E-state index in [2.05, 4.69) is 11.6 Å². The van der Waals surface area contributed by atoms with E-state index < -0.39 is 11.2 Å². The van der Waals surface area contributed by atoms with Crippen molar-refractivity contribution in [2.24, 2.45) is 0 Å². The Labute approximate surface area is 169 Å². The van der Waals surface area contributed by atoms with Gasteiger partial charge in [-0.3, -0.25) is 4.79 Å². The van der Waals surface area contributed by atoms with Crippen molar-refractivity contribution >= 4 is 16.7 Å². The van der Waals surface area contributed by atoms with Gasteiger partial charge in [0, 0.05) is 17.3 Å². The molecule has 3 rings (SSSR count). The third kappa shape index (κ3) is 4.24. The summed E-state index contributed by atoms with van der Waals surface area (Å²) in [6, 6.07) is 7.47. The largest absolute Gasteiger partial charge is 0.494 e. The van der Waals surface area contributed by atoms with Gasteiger partial charge in [-0.1, -0.05) is 44.7 Å². The fraction of sp³-hybridized carbons (Fsp3) is 0.208. The number of furan rings is 1. The summed E-state index contributed by atoms with van der Waals surface area (Å²) in [6.45, 7) is 8.33. The van der Waals surface area contributed by atoms with Crippen LogP contribution in [0.25, 0.3) is 28.0 Å². The number of hydrogen-bond donors (Lipinski definition) is 1. The molecule has 2 aromatic heterocycles. The number of benzene rings is 1. The maximum atomic E-state index is 14.0. The number of H-pyrrole nitrogens is 1. The summed E-state index contributed by atoms with van der Waals surface area (Å²) in [5, 5.41) is 0.214. The Kier molecular flexibility index (Phi) is 6.50. The maximum Gasteiger partial charge on any atom is 0.229 e. The summed E-state index contributed by atoms with van der Waals surface area (Å²) in [4.78, 5) is 15.3. The molecule has 5 heteroatoms. The number of hydrogen-bond acceptors (Lipinski definition) is 3. The molecule has 0 spiro atoms. The standard InChI is InChI=1S/C24H24FNO3/c1-4-7-8-9-16(6-3)20-21-22(27)19(25)15-26-24(21)29-23(20)17-10-12-18(13-11-17)28-14-5-2/h4,7-13,15H,1,5-6,14H2,2-3H3,(H,26,27)/b8-7-,16-9+. The number of fused-ring (bicyclic) bond motifs is 1. The Hall–Kier alpha value is -3.34. The van der Waals surface area contributed by atoms with Crippen LogP contribution >= 0.6 is 0 Å². The van der Waals surface area contributed by atoms with E-state index in [1.807, 2.05) is 50.3 Å². The van der Waals surface area contributed by atoms with Crippen molar-refractivity contribution in [3.05, 3.63) is 82.9 Å². The van der Waals surface area contributed by atoms with E-state index >= 15 is 0 Å². The fourth-order valence-corrected chi connectivity index (χ4v) is 3.12. The van der Waals surface area contributed by atoms with Crippen LogP contribution in [0.5, 0.6) is 5.75 Å². The lowest BCUT2D eigenvalue weighted by atomic mass is 9.96. The second kappa shape index (κ2) is 9.24. The minimum absolute atomic E-state index is 0.214. The highest BCUT2D eigenvalue weighted by atomic mass is 19.1. The van der Waals surface area contributed by atoms with E-state index in [0.717, 1.165) is 29.5 Å². The highest BCUT2D eigenvalue weighted by Gasteiger charge is 2.22. The molecular formula is C24H24FNO3. The van der Waals surface area contributed by atoms with Crippen LogP contribution in [0.1, 0.15) is 32.3 Å². The summed E-state index contributed by atoms with van der Waals surface area (Å²) in [7, 11) is 0. The molecule has 0 aliphatic rings. The number of allylic oxidation sites excluding steroid dienone is 5. The number of ether oxygens (including phenoxy) is 1. The SMILES string of the molecule is C=C/C=C\C=C(/CC)c1c(-c2ccc(OCCC)cc2)oc2[nH]cc(F)c(=O)c12. The molecule has 0 radical (unpaired) electrons. The molecule has 0 saturated heterocycles. The molecule has 4 nitrogen and oxygen atoms in total. The molecule has 0 saturated carbocycles. The second-order valence-corrected chi connectivity index (χ2v) is 6.51. The molecule has 0 unspecified atom stereocenters. The van der Waals surface area contributed by atoms with Crippen LogP contribution in [0.2, 0.25) is 0 Å². The third-order valence-corrected chi connectivity index (χ3v) is 4.52. The van der Waals surface area contributed by atoms with Gasteiger partial charge in [0.05, 0.1) is 12.0 Å². The fourth-order valence-electron chi connectivity index (χ4n) is 3.12. The predicted molar refractivity (Wildman–Crippen MR) is 116 cm³/mol. The monoisotopic (exact) mass is 393 g/mol. The van der Waals surface area contributed by atoms with Gasteiger partial charge in [-0.25, -0.2) is 4.39 Å². The highest BCUT2D eigenvalue weighted by molar-refractivity contribution is 5.96. The van der Waals surface area contributed by atoms with E-state index in [9.17, 15) is 9.18 Å². The van der Waals surface area contributed by atoms with Crippen LogP contribution in [-0.4, -0.2) is 11.6 Å². The first kappa shape index (κ1) is 20.4.